The zero-order valence-corrected chi connectivity index (χ0v) is 22.0. The van der Waals surface area contributed by atoms with E-state index in [2.05, 4.69) is 15.5 Å². The van der Waals surface area contributed by atoms with E-state index in [1.807, 2.05) is 0 Å². The van der Waals surface area contributed by atoms with Crippen molar-refractivity contribution in [3.05, 3.63) is 35.2 Å². The number of aliphatic hydroxyl groups is 2. The lowest BCUT2D eigenvalue weighted by atomic mass is 9.86. The van der Waals surface area contributed by atoms with E-state index in [4.69, 9.17) is 25.9 Å². The number of hydrogen-bond acceptors (Lipinski definition) is 9. The first-order chi connectivity index (χ1) is 18.8. The number of nitrogens with zero attached hydrogens (tertiary/aromatic N) is 5. The molecule has 0 bridgehead atoms. The standard InChI is InChI=1S/C25H31ClFN5O7/c1-37-24-20(10-15-9-18(29-39-15)13-4-6-31(7-5-13)25(35)36)38-21(12-33)23(34)22(24)32-11-19(28-30-32)14-2-3-16(26)17(27)8-14/h2-3,8,11,13,15,20-24,33-34H,4-7,9-10,12H2,1H3,(H,35,36)/t15?,20-,21-,22+,23+,24+/m1/s1. The van der Waals surface area contributed by atoms with Gasteiger partial charge in [-0.05, 0) is 25.0 Å². The average molecular weight is 568 g/mol. The molecular formula is C25H31ClFN5O7. The number of methoxy groups -OCH3 is 1. The maximum Gasteiger partial charge on any atom is 0.407 e. The van der Waals surface area contributed by atoms with E-state index >= 15 is 0 Å². The number of aliphatic hydroxyl groups excluding tert-OH is 2. The van der Waals surface area contributed by atoms with Crippen molar-refractivity contribution in [3.63, 3.8) is 0 Å². The molecule has 2 fully saturated rings. The van der Waals surface area contributed by atoms with Crippen molar-refractivity contribution in [2.24, 2.45) is 11.1 Å². The van der Waals surface area contributed by atoms with Crippen molar-refractivity contribution < 1.29 is 38.8 Å². The van der Waals surface area contributed by atoms with Gasteiger partial charge in [0.25, 0.3) is 0 Å². The average Bonchev–Trinajstić information content (AvgIpc) is 3.61. The zero-order chi connectivity index (χ0) is 27.7. The first-order valence-corrected chi connectivity index (χ1v) is 13.2. The minimum atomic E-state index is -1.16. The number of likely N-dealkylation sites (tertiary alicyclic amines) is 1. The van der Waals surface area contributed by atoms with E-state index in [9.17, 15) is 24.5 Å². The molecule has 0 radical (unpaired) electrons. The number of amides is 1. The maximum atomic E-state index is 14.0. The number of rotatable bonds is 7. The zero-order valence-electron chi connectivity index (χ0n) is 21.3. The van der Waals surface area contributed by atoms with Gasteiger partial charge in [-0.25, -0.2) is 13.9 Å². The molecule has 4 heterocycles. The Hall–Kier alpha value is -2.84. The first-order valence-electron chi connectivity index (χ1n) is 12.8. The second-order valence-corrected chi connectivity index (χ2v) is 10.5. The van der Waals surface area contributed by atoms with E-state index in [0.717, 1.165) is 5.71 Å². The summed E-state index contributed by atoms with van der Waals surface area (Å²) in [6, 6.07) is 3.54. The predicted molar refractivity (Wildman–Crippen MR) is 136 cm³/mol. The highest BCUT2D eigenvalue weighted by molar-refractivity contribution is 6.30. The molecule has 3 N–H and O–H groups in total. The minimum absolute atomic E-state index is 0.00828. The van der Waals surface area contributed by atoms with Gasteiger partial charge in [0.05, 0.1) is 29.6 Å². The predicted octanol–water partition coefficient (Wildman–Crippen LogP) is 2.34. The molecule has 1 amide bonds. The highest BCUT2D eigenvalue weighted by Gasteiger charge is 2.48. The normalized spacial score (nSPS) is 29.8. The molecule has 1 aromatic heterocycles. The number of hydrogen-bond donors (Lipinski definition) is 3. The Morgan fingerprint density at radius 2 is 2.05 bits per heavy atom. The Labute approximate surface area is 228 Å². The van der Waals surface area contributed by atoms with Crippen LogP contribution in [-0.4, -0.2) is 104 Å². The number of carbonyl (C=O) groups is 1. The molecule has 3 aliphatic rings. The molecule has 2 saturated heterocycles. The highest BCUT2D eigenvalue weighted by Crippen LogP contribution is 2.36. The Morgan fingerprint density at radius 1 is 1.28 bits per heavy atom. The molecule has 12 nitrogen and oxygen atoms in total. The summed E-state index contributed by atoms with van der Waals surface area (Å²) in [5.74, 6) is -0.433. The third-order valence-electron chi connectivity index (χ3n) is 7.75. The summed E-state index contributed by atoms with van der Waals surface area (Å²) in [6.07, 6.45) is -0.633. The number of aromatic nitrogens is 3. The third-order valence-corrected chi connectivity index (χ3v) is 8.06. The number of ether oxygens (including phenoxy) is 2. The molecule has 212 valence electrons. The lowest BCUT2D eigenvalue weighted by molar-refractivity contribution is -0.219. The minimum Gasteiger partial charge on any atom is -0.465 e. The summed E-state index contributed by atoms with van der Waals surface area (Å²) in [4.78, 5) is 18.3. The van der Waals surface area contributed by atoms with Gasteiger partial charge in [-0.15, -0.1) is 5.10 Å². The van der Waals surface area contributed by atoms with Crippen LogP contribution in [0.15, 0.2) is 29.6 Å². The fraction of sp³-hybridized carbons (Fsp3) is 0.600. The summed E-state index contributed by atoms with van der Waals surface area (Å²) < 4.78 is 27.3. The third kappa shape index (κ3) is 5.73. The van der Waals surface area contributed by atoms with Crippen LogP contribution in [0.4, 0.5) is 9.18 Å². The van der Waals surface area contributed by atoms with Gasteiger partial charge in [0, 0.05) is 44.5 Å². The first kappa shape index (κ1) is 27.7. The fourth-order valence-corrected chi connectivity index (χ4v) is 5.76. The van der Waals surface area contributed by atoms with Gasteiger partial charge in [0.1, 0.15) is 42.0 Å². The van der Waals surface area contributed by atoms with E-state index in [1.54, 1.807) is 12.3 Å². The van der Waals surface area contributed by atoms with Gasteiger partial charge in [-0.3, -0.25) is 0 Å². The summed E-state index contributed by atoms with van der Waals surface area (Å²) in [6.45, 7) is 0.493. The molecular weight excluding hydrogens is 537 g/mol. The van der Waals surface area contributed by atoms with Crippen LogP contribution in [0, 0.1) is 11.7 Å². The summed E-state index contributed by atoms with van der Waals surface area (Å²) >= 11 is 5.80. The van der Waals surface area contributed by atoms with Crippen molar-refractivity contribution >= 4 is 23.4 Å². The van der Waals surface area contributed by atoms with Crippen LogP contribution in [0.1, 0.15) is 31.7 Å². The van der Waals surface area contributed by atoms with E-state index in [-0.39, 0.29) is 17.0 Å². The number of piperidine rings is 1. The van der Waals surface area contributed by atoms with Crippen LogP contribution in [0.25, 0.3) is 11.3 Å². The molecule has 1 aromatic carbocycles. The molecule has 5 rings (SSSR count). The number of halogens is 2. The van der Waals surface area contributed by atoms with Crippen LogP contribution >= 0.6 is 11.6 Å². The Kier molecular flexibility index (Phi) is 8.33. The van der Waals surface area contributed by atoms with Crippen molar-refractivity contribution in [2.45, 2.75) is 62.2 Å². The van der Waals surface area contributed by atoms with Crippen molar-refractivity contribution in [1.29, 1.82) is 0 Å². The molecule has 6 atom stereocenters. The monoisotopic (exact) mass is 567 g/mol. The topological polar surface area (TPSA) is 152 Å². The van der Waals surface area contributed by atoms with Crippen LogP contribution in [0.5, 0.6) is 0 Å². The van der Waals surface area contributed by atoms with Gasteiger partial charge in [-0.1, -0.05) is 28.0 Å². The van der Waals surface area contributed by atoms with Crippen LogP contribution < -0.4 is 0 Å². The maximum absolute atomic E-state index is 14.0. The lowest BCUT2D eigenvalue weighted by Gasteiger charge is -2.44. The van der Waals surface area contributed by atoms with E-state index in [1.165, 1.54) is 28.8 Å². The lowest BCUT2D eigenvalue weighted by Crippen LogP contribution is -2.57. The largest absolute Gasteiger partial charge is 0.465 e. The quantitative estimate of drug-likeness (QED) is 0.458. The van der Waals surface area contributed by atoms with Crippen molar-refractivity contribution in [2.75, 3.05) is 26.8 Å². The van der Waals surface area contributed by atoms with Gasteiger partial charge in [0.2, 0.25) is 0 Å². The molecule has 2 aromatic rings. The molecule has 0 spiro atoms. The Bertz CT molecular complexity index is 1210. The molecule has 3 aliphatic heterocycles. The second kappa shape index (κ2) is 11.7. The van der Waals surface area contributed by atoms with Crippen molar-refractivity contribution in [1.82, 2.24) is 19.9 Å². The second-order valence-electron chi connectivity index (χ2n) is 10.1. The van der Waals surface area contributed by atoms with Crippen LogP contribution in [0.3, 0.4) is 0 Å². The number of carboxylic acid groups (broad SMARTS) is 1. The summed E-state index contributed by atoms with van der Waals surface area (Å²) in [7, 11) is 1.50. The summed E-state index contributed by atoms with van der Waals surface area (Å²) in [5, 5.41) is 42.8. The number of benzene rings is 1. The van der Waals surface area contributed by atoms with Gasteiger partial charge < -0.3 is 34.5 Å². The van der Waals surface area contributed by atoms with Gasteiger partial charge >= 0.3 is 6.09 Å². The summed E-state index contributed by atoms with van der Waals surface area (Å²) in [5.41, 5.74) is 1.75. The van der Waals surface area contributed by atoms with Crippen molar-refractivity contribution in [3.8, 4) is 11.3 Å². The Balaban J connectivity index is 1.28. The van der Waals surface area contributed by atoms with Gasteiger partial charge in [0.15, 0.2) is 0 Å². The molecule has 0 saturated carbocycles. The SMILES string of the molecule is CO[C@@H]1[C@@H](n2cc(-c3ccc(Cl)c(F)c3)nn2)[C@@H](O)[C@@H](CO)O[C@@H]1CC1CC(C2CCN(C(=O)O)CC2)=NO1. The smallest absolute Gasteiger partial charge is 0.407 e. The molecule has 1 unspecified atom stereocenters. The van der Waals surface area contributed by atoms with E-state index < -0.39 is 49.0 Å². The van der Waals surface area contributed by atoms with E-state index in [0.29, 0.717) is 50.0 Å². The van der Waals surface area contributed by atoms with Gasteiger partial charge in [-0.2, -0.15) is 0 Å². The fourth-order valence-electron chi connectivity index (χ4n) is 5.65. The van der Waals surface area contributed by atoms with Crippen LogP contribution in [0.2, 0.25) is 5.02 Å². The number of oxime groups is 1. The molecule has 39 heavy (non-hydrogen) atoms. The Morgan fingerprint density at radius 3 is 2.72 bits per heavy atom. The molecule has 14 heteroatoms. The van der Waals surface area contributed by atoms with Crippen LogP contribution in [-0.2, 0) is 14.3 Å². The molecule has 0 aliphatic carbocycles. The highest BCUT2D eigenvalue weighted by atomic mass is 35.5.